The summed E-state index contributed by atoms with van der Waals surface area (Å²) in [6, 6.07) is 28.1. The number of benzene rings is 3. The largest absolute Gasteiger partial charge is 0.350 e. The highest BCUT2D eigenvalue weighted by atomic mass is 16.2. The quantitative estimate of drug-likeness (QED) is 0.492. The van der Waals surface area contributed by atoms with Crippen molar-refractivity contribution < 1.29 is 4.79 Å². The first-order chi connectivity index (χ1) is 14.6. The fourth-order valence-corrected chi connectivity index (χ4v) is 3.58. The molecule has 0 bridgehead atoms. The summed E-state index contributed by atoms with van der Waals surface area (Å²) in [4.78, 5) is 13.1. The highest BCUT2D eigenvalue weighted by Gasteiger charge is 2.18. The number of nitrogens with zero attached hydrogens (tertiary/aromatic N) is 2. The van der Waals surface area contributed by atoms with Crippen molar-refractivity contribution in [3.8, 4) is 16.9 Å². The predicted octanol–water partition coefficient (Wildman–Crippen LogP) is 5.13. The van der Waals surface area contributed by atoms with Gasteiger partial charge in [-0.15, -0.1) is 0 Å². The molecule has 0 saturated carbocycles. The standard InChI is InChI=1S/C26H25N3O/c1-19-13-14-24(20(2)17-19)29-25(18-23(28-29)22-11-7-4-8-12-22)26(30)27-16-15-21-9-5-3-6-10-21/h3-14,17-18H,15-16H2,1-2H3,(H,27,30). The first kappa shape index (κ1) is 19.6. The smallest absolute Gasteiger partial charge is 0.270 e. The van der Waals surface area contributed by atoms with E-state index in [1.165, 1.54) is 11.1 Å². The van der Waals surface area contributed by atoms with Crippen LogP contribution >= 0.6 is 0 Å². The van der Waals surface area contributed by atoms with Gasteiger partial charge in [-0.1, -0.05) is 78.4 Å². The highest BCUT2D eigenvalue weighted by Crippen LogP contribution is 2.23. The topological polar surface area (TPSA) is 46.9 Å². The summed E-state index contributed by atoms with van der Waals surface area (Å²) in [5.41, 5.74) is 6.68. The van der Waals surface area contributed by atoms with Gasteiger partial charge in [0.05, 0.1) is 11.4 Å². The summed E-state index contributed by atoms with van der Waals surface area (Å²) in [6.45, 7) is 4.68. The Morgan fingerprint density at radius 2 is 1.60 bits per heavy atom. The zero-order chi connectivity index (χ0) is 20.9. The summed E-state index contributed by atoms with van der Waals surface area (Å²) in [6.07, 6.45) is 0.788. The molecular formula is C26H25N3O. The molecule has 1 amide bonds. The molecule has 150 valence electrons. The van der Waals surface area contributed by atoms with E-state index in [2.05, 4.69) is 30.4 Å². The molecule has 0 fully saturated rings. The molecule has 0 aliphatic heterocycles. The van der Waals surface area contributed by atoms with Crippen LogP contribution in [0.25, 0.3) is 16.9 Å². The van der Waals surface area contributed by atoms with Crippen molar-refractivity contribution in [2.24, 2.45) is 0 Å². The summed E-state index contributed by atoms with van der Waals surface area (Å²) in [5.74, 6) is -0.124. The maximum absolute atomic E-state index is 13.1. The van der Waals surface area contributed by atoms with Gasteiger partial charge in [-0.3, -0.25) is 4.79 Å². The lowest BCUT2D eigenvalue weighted by atomic mass is 10.1. The van der Waals surface area contributed by atoms with Crippen LogP contribution in [0.15, 0.2) is 84.9 Å². The van der Waals surface area contributed by atoms with E-state index in [0.29, 0.717) is 12.2 Å². The van der Waals surface area contributed by atoms with Crippen LogP contribution in [-0.4, -0.2) is 22.2 Å². The fourth-order valence-electron chi connectivity index (χ4n) is 3.58. The molecule has 0 atom stereocenters. The molecule has 4 rings (SSSR count). The molecule has 4 heteroatoms. The number of hydrogen-bond donors (Lipinski definition) is 1. The molecule has 4 aromatic rings. The lowest BCUT2D eigenvalue weighted by Gasteiger charge is -2.11. The Morgan fingerprint density at radius 1 is 0.900 bits per heavy atom. The zero-order valence-corrected chi connectivity index (χ0v) is 17.3. The number of aromatic nitrogens is 2. The Balaban J connectivity index is 1.64. The molecule has 0 aliphatic rings. The van der Waals surface area contributed by atoms with E-state index < -0.39 is 0 Å². The third kappa shape index (κ3) is 4.33. The summed E-state index contributed by atoms with van der Waals surface area (Å²) >= 11 is 0. The minimum Gasteiger partial charge on any atom is -0.350 e. The third-order valence-electron chi connectivity index (χ3n) is 5.13. The molecule has 3 aromatic carbocycles. The van der Waals surface area contributed by atoms with Gasteiger partial charge in [0.15, 0.2) is 0 Å². The van der Waals surface area contributed by atoms with Crippen molar-refractivity contribution in [3.63, 3.8) is 0 Å². The number of rotatable bonds is 6. The van der Waals surface area contributed by atoms with Crippen molar-refractivity contribution in [3.05, 3.63) is 107 Å². The summed E-state index contributed by atoms with van der Waals surface area (Å²) in [5, 5.41) is 7.84. The van der Waals surface area contributed by atoms with E-state index in [-0.39, 0.29) is 5.91 Å². The second-order valence-electron chi connectivity index (χ2n) is 7.47. The van der Waals surface area contributed by atoms with E-state index in [1.54, 1.807) is 4.68 Å². The molecule has 1 N–H and O–H groups in total. The van der Waals surface area contributed by atoms with Crippen LogP contribution in [0.4, 0.5) is 0 Å². The second-order valence-corrected chi connectivity index (χ2v) is 7.47. The maximum Gasteiger partial charge on any atom is 0.270 e. The lowest BCUT2D eigenvalue weighted by Crippen LogP contribution is -2.28. The normalized spacial score (nSPS) is 10.7. The van der Waals surface area contributed by atoms with Gasteiger partial charge in [-0.05, 0) is 43.5 Å². The van der Waals surface area contributed by atoms with Crippen LogP contribution in [0.1, 0.15) is 27.2 Å². The van der Waals surface area contributed by atoms with Gasteiger partial charge in [0, 0.05) is 12.1 Å². The van der Waals surface area contributed by atoms with E-state index in [4.69, 9.17) is 5.10 Å². The number of aryl methyl sites for hydroxylation is 2. The third-order valence-corrected chi connectivity index (χ3v) is 5.13. The Hall–Kier alpha value is -3.66. The molecule has 0 radical (unpaired) electrons. The van der Waals surface area contributed by atoms with Gasteiger partial charge in [-0.2, -0.15) is 5.10 Å². The van der Waals surface area contributed by atoms with Crippen molar-refractivity contribution in [1.82, 2.24) is 15.1 Å². The van der Waals surface area contributed by atoms with Crippen LogP contribution in [0, 0.1) is 13.8 Å². The number of carbonyl (C=O) groups excluding carboxylic acids is 1. The fraction of sp³-hybridized carbons (Fsp3) is 0.154. The molecule has 0 unspecified atom stereocenters. The monoisotopic (exact) mass is 395 g/mol. The summed E-state index contributed by atoms with van der Waals surface area (Å²) < 4.78 is 1.76. The Kier molecular flexibility index (Phi) is 5.75. The van der Waals surface area contributed by atoms with Crippen molar-refractivity contribution in [2.75, 3.05) is 6.54 Å². The first-order valence-corrected chi connectivity index (χ1v) is 10.2. The molecular weight excluding hydrogens is 370 g/mol. The van der Waals surface area contributed by atoms with Gasteiger partial charge < -0.3 is 5.32 Å². The van der Waals surface area contributed by atoms with Gasteiger partial charge in [0.1, 0.15) is 5.69 Å². The zero-order valence-electron chi connectivity index (χ0n) is 17.3. The molecule has 4 nitrogen and oxygen atoms in total. The average Bonchev–Trinajstić information content (AvgIpc) is 3.20. The molecule has 1 heterocycles. The van der Waals surface area contributed by atoms with E-state index >= 15 is 0 Å². The first-order valence-electron chi connectivity index (χ1n) is 10.2. The van der Waals surface area contributed by atoms with Crippen LogP contribution in [-0.2, 0) is 6.42 Å². The summed E-state index contributed by atoms with van der Waals surface area (Å²) in [7, 11) is 0. The van der Waals surface area contributed by atoms with Crippen LogP contribution < -0.4 is 5.32 Å². The Labute approximate surface area is 177 Å². The predicted molar refractivity (Wildman–Crippen MR) is 121 cm³/mol. The number of carbonyl (C=O) groups is 1. The molecule has 0 aliphatic carbocycles. The second kappa shape index (κ2) is 8.78. The highest BCUT2D eigenvalue weighted by molar-refractivity contribution is 5.94. The van der Waals surface area contributed by atoms with Gasteiger partial charge >= 0.3 is 0 Å². The molecule has 1 aromatic heterocycles. The van der Waals surface area contributed by atoms with Crippen LogP contribution in [0.2, 0.25) is 0 Å². The minimum atomic E-state index is -0.124. The van der Waals surface area contributed by atoms with Crippen LogP contribution in [0.5, 0.6) is 0 Å². The van der Waals surface area contributed by atoms with Gasteiger partial charge in [-0.25, -0.2) is 4.68 Å². The van der Waals surface area contributed by atoms with E-state index in [9.17, 15) is 4.79 Å². The molecule has 0 spiro atoms. The number of hydrogen-bond acceptors (Lipinski definition) is 2. The minimum absolute atomic E-state index is 0.124. The van der Waals surface area contributed by atoms with Gasteiger partial charge in [0.2, 0.25) is 0 Å². The molecule has 30 heavy (non-hydrogen) atoms. The van der Waals surface area contributed by atoms with Crippen LogP contribution in [0.3, 0.4) is 0 Å². The average molecular weight is 396 g/mol. The molecule has 0 saturated heterocycles. The van der Waals surface area contributed by atoms with Crippen molar-refractivity contribution in [2.45, 2.75) is 20.3 Å². The van der Waals surface area contributed by atoms with Gasteiger partial charge in [0.25, 0.3) is 5.91 Å². The SMILES string of the molecule is Cc1ccc(-n2nc(-c3ccccc3)cc2C(=O)NCCc2ccccc2)c(C)c1. The van der Waals surface area contributed by atoms with E-state index in [1.807, 2.05) is 73.7 Å². The Morgan fingerprint density at radius 3 is 2.30 bits per heavy atom. The number of nitrogens with one attached hydrogen (secondary N) is 1. The van der Waals surface area contributed by atoms with E-state index in [0.717, 1.165) is 28.9 Å². The lowest BCUT2D eigenvalue weighted by molar-refractivity contribution is 0.0946. The van der Waals surface area contributed by atoms with Crippen molar-refractivity contribution >= 4 is 5.91 Å². The van der Waals surface area contributed by atoms with Crippen molar-refractivity contribution in [1.29, 1.82) is 0 Å². The maximum atomic E-state index is 13.1. The Bertz CT molecular complexity index is 1150. The number of amides is 1.